The molecule has 9 nitrogen and oxygen atoms in total. The molecular formula is C44H82NO8P. The van der Waals surface area contributed by atoms with Gasteiger partial charge < -0.3 is 27.9 Å². The summed E-state index contributed by atoms with van der Waals surface area (Å²) in [6.07, 6.45) is 40.2. The van der Waals surface area contributed by atoms with Crippen LogP contribution in [0.2, 0.25) is 0 Å². The number of esters is 2. The Labute approximate surface area is 331 Å². The maximum atomic E-state index is 12.7. The number of ether oxygens (including phenoxy) is 2. The Morgan fingerprint density at radius 3 is 1.57 bits per heavy atom. The average Bonchev–Trinajstić information content (AvgIpc) is 3.12. The summed E-state index contributed by atoms with van der Waals surface area (Å²) in [5.41, 5.74) is 0. The largest absolute Gasteiger partial charge is 0.756 e. The Balaban J connectivity index is 4.38. The van der Waals surface area contributed by atoms with Gasteiger partial charge in [0.15, 0.2) is 6.10 Å². The number of carbonyl (C=O) groups excluding carboxylic acids is 2. The molecule has 0 saturated heterocycles. The van der Waals surface area contributed by atoms with E-state index < -0.39 is 32.5 Å². The van der Waals surface area contributed by atoms with Crippen molar-refractivity contribution in [1.82, 2.24) is 0 Å². The zero-order valence-corrected chi connectivity index (χ0v) is 36.3. The van der Waals surface area contributed by atoms with Crippen LogP contribution in [0.25, 0.3) is 0 Å². The van der Waals surface area contributed by atoms with E-state index in [1.165, 1.54) is 77.0 Å². The molecule has 1 unspecified atom stereocenters. The van der Waals surface area contributed by atoms with Crippen molar-refractivity contribution in [2.24, 2.45) is 0 Å². The minimum atomic E-state index is -4.62. The van der Waals surface area contributed by atoms with Crippen LogP contribution in [-0.2, 0) is 32.7 Å². The standard InChI is InChI=1S/C44H82NO8P/c1-6-8-10-12-14-16-18-20-22-24-26-28-30-32-34-36-43(46)50-40-42(41-52-54(48,49)51-39-38-45(3,4)5)53-44(47)37-35-33-31-29-27-25-23-21-19-17-15-13-11-9-7-2/h8,10,14,16,20,22,42H,6-7,9,11-13,15,17-19,21,23-41H2,1-5H3/b10-8-,16-14-,22-20-/t42-/m1/s1. The third-order valence-electron chi connectivity index (χ3n) is 9.17. The molecule has 0 aromatic carbocycles. The maximum Gasteiger partial charge on any atom is 0.306 e. The van der Waals surface area contributed by atoms with Crippen LogP contribution in [0.1, 0.15) is 181 Å². The van der Waals surface area contributed by atoms with E-state index >= 15 is 0 Å². The van der Waals surface area contributed by atoms with E-state index in [-0.39, 0.29) is 26.1 Å². The van der Waals surface area contributed by atoms with Crippen LogP contribution in [0.3, 0.4) is 0 Å². The minimum absolute atomic E-state index is 0.0331. The molecule has 0 saturated carbocycles. The molecule has 54 heavy (non-hydrogen) atoms. The van der Waals surface area contributed by atoms with Crippen molar-refractivity contribution in [2.75, 3.05) is 47.5 Å². The highest BCUT2D eigenvalue weighted by Crippen LogP contribution is 2.38. The third kappa shape index (κ3) is 39.9. The van der Waals surface area contributed by atoms with Gasteiger partial charge >= 0.3 is 11.9 Å². The summed E-state index contributed by atoms with van der Waals surface area (Å²) < 4.78 is 33.9. The number of rotatable bonds is 39. The van der Waals surface area contributed by atoms with Gasteiger partial charge in [-0.25, -0.2) is 0 Å². The van der Waals surface area contributed by atoms with E-state index in [1.54, 1.807) is 0 Å². The first-order chi connectivity index (χ1) is 26.0. The number of allylic oxidation sites excluding steroid dienone is 6. The zero-order chi connectivity index (χ0) is 40.0. The van der Waals surface area contributed by atoms with E-state index in [9.17, 15) is 19.0 Å². The summed E-state index contributed by atoms with van der Waals surface area (Å²) >= 11 is 0. The van der Waals surface area contributed by atoms with Crippen LogP contribution in [-0.4, -0.2) is 70.0 Å². The Morgan fingerprint density at radius 2 is 1.06 bits per heavy atom. The molecule has 0 aliphatic rings. The SMILES string of the molecule is CC/C=C\C/C=C\C/C=C\CCCCCCCC(=O)OC[C@H](COP(=O)([O-])OCC[N+](C)(C)C)OC(=O)CCCCCCCCCCCCCCCCC. The van der Waals surface area contributed by atoms with Gasteiger partial charge in [0, 0.05) is 12.8 Å². The third-order valence-corrected chi connectivity index (χ3v) is 10.1. The number of phosphoric acid groups is 1. The fourth-order valence-electron chi connectivity index (χ4n) is 5.79. The Morgan fingerprint density at radius 1 is 0.593 bits per heavy atom. The van der Waals surface area contributed by atoms with Crippen molar-refractivity contribution in [3.8, 4) is 0 Å². The summed E-state index contributed by atoms with van der Waals surface area (Å²) in [6.45, 7) is 4.10. The molecule has 0 aromatic rings. The second-order valence-electron chi connectivity index (χ2n) is 15.7. The maximum absolute atomic E-state index is 12.7. The Hall–Kier alpha value is -1.77. The lowest BCUT2D eigenvalue weighted by molar-refractivity contribution is -0.870. The predicted octanol–water partition coefficient (Wildman–Crippen LogP) is 11.5. The topological polar surface area (TPSA) is 111 Å². The first-order valence-electron chi connectivity index (χ1n) is 21.7. The minimum Gasteiger partial charge on any atom is -0.756 e. The van der Waals surface area contributed by atoms with E-state index in [0.29, 0.717) is 23.9 Å². The Kier molecular flexibility index (Phi) is 35.6. The first kappa shape index (κ1) is 52.2. The summed E-state index contributed by atoms with van der Waals surface area (Å²) in [5, 5.41) is 0. The second kappa shape index (κ2) is 36.8. The molecule has 0 bridgehead atoms. The average molecular weight is 784 g/mol. The van der Waals surface area contributed by atoms with Crippen molar-refractivity contribution in [3.05, 3.63) is 36.5 Å². The number of unbranched alkanes of at least 4 members (excludes halogenated alkanes) is 19. The Bertz CT molecular complexity index is 1020. The second-order valence-corrected chi connectivity index (χ2v) is 17.1. The molecule has 2 atom stereocenters. The molecule has 0 aliphatic heterocycles. The van der Waals surface area contributed by atoms with Gasteiger partial charge in [0.2, 0.25) is 0 Å². The molecule has 316 valence electrons. The van der Waals surface area contributed by atoms with Crippen LogP contribution in [0, 0.1) is 0 Å². The lowest BCUT2D eigenvalue weighted by Crippen LogP contribution is -2.37. The van der Waals surface area contributed by atoms with Crippen molar-refractivity contribution < 1.29 is 42.1 Å². The highest BCUT2D eigenvalue weighted by molar-refractivity contribution is 7.45. The van der Waals surface area contributed by atoms with Gasteiger partial charge in [0.05, 0.1) is 27.7 Å². The van der Waals surface area contributed by atoms with Crippen LogP contribution in [0.5, 0.6) is 0 Å². The van der Waals surface area contributed by atoms with Crippen LogP contribution in [0.15, 0.2) is 36.5 Å². The van der Waals surface area contributed by atoms with E-state index in [4.69, 9.17) is 18.5 Å². The van der Waals surface area contributed by atoms with Crippen molar-refractivity contribution >= 4 is 19.8 Å². The molecule has 0 radical (unpaired) electrons. The summed E-state index contributed by atoms with van der Waals surface area (Å²) in [6, 6.07) is 0. The molecule has 0 aromatic heterocycles. The van der Waals surface area contributed by atoms with Gasteiger partial charge in [-0.3, -0.25) is 14.2 Å². The smallest absolute Gasteiger partial charge is 0.306 e. The number of quaternary nitrogens is 1. The van der Waals surface area contributed by atoms with Crippen molar-refractivity contribution in [1.29, 1.82) is 0 Å². The highest BCUT2D eigenvalue weighted by atomic mass is 31.2. The molecular weight excluding hydrogens is 701 g/mol. The number of likely N-dealkylation sites (N-methyl/N-ethyl adjacent to an activating group) is 1. The van der Waals surface area contributed by atoms with Crippen LogP contribution < -0.4 is 4.89 Å². The van der Waals surface area contributed by atoms with Gasteiger partial charge in [0.1, 0.15) is 19.8 Å². The molecule has 0 heterocycles. The number of hydrogen-bond donors (Lipinski definition) is 0. The number of carbonyl (C=O) groups is 2. The lowest BCUT2D eigenvalue weighted by atomic mass is 10.0. The summed E-state index contributed by atoms with van der Waals surface area (Å²) in [4.78, 5) is 37.5. The van der Waals surface area contributed by atoms with Gasteiger partial charge in [-0.15, -0.1) is 0 Å². The number of hydrogen-bond acceptors (Lipinski definition) is 8. The van der Waals surface area contributed by atoms with Crippen molar-refractivity contribution in [3.63, 3.8) is 0 Å². The van der Waals surface area contributed by atoms with E-state index in [0.717, 1.165) is 64.2 Å². The quantitative estimate of drug-likeness (QED) is 0.0199. The molecule has 0 spiro atoms. The summed E-state index contributed by atoms with van der Waals surface area (Å²) in [7, 11) is 1.16. The molecule has 0 amide bonds. The van der Waals surface area contributed by atoms with E-state index in [2.05, 4.69) is 50.3 Å². The molecule has 0 fully saturated rings. The normalized spacial score (nSPS) is 14.0. The number of nitrogens with zero attached hydrogens (tertiary/aromatic N) is 1. The molecule has 10 heteroatoms. The van der Waals surface area contributed by atoms with Crippen LogP contribution in [0.4, 0.5) is 0 Å². The lowest BCUT2D eigenvalue weighted by Gasteiger charge is -2.28. The molecule has 0 aliphatic carbocycles. The monoisotopic (exact) mass is 784 g/mol. The van der Waals surface area contributed by atoms with Crippen molar-refractivity contribution in [2.45, 2.75) is 187 Å². The van der Waals surface area contributed by atoms with E-state index in [1.807, 2.05) is 21.1 Å². The molecule has 0 N–H and O–H groups in total. The summed E-state index contributed by atoms with van der Waals surface area (Å²) in [5.74, 6) is -0.851. The van der Waals surface area contributed by atoms with Gasteiger partial charge in [-0.2, -0.15) is 0 Å². The highest BCUT2D eigenvalue weighted by Gasteiger charge is 2.21. The fraction of sp³-hybridized carbons (Fsp3) is 0.818. The van der Waals surface area contributed by atoms with Gasteiger partial charge in [-0.1, -0.05) is 159 Å². The van der Waals surface area contributed by atoms with Gasteiger partial charge in [-0.05, 0) is 44.9 Å². The molecule has 0 rings (SSSR count). The predicted molar refractivity (Wildman–Crippen MR) is 222 cm³/mol. The number of phosphoric ester groups is 1. The van der Waals surface area contributed by atoms with Gasteiger partial charge in [0.25, 0.3) is 7.82 Å². The fourth-order valence-corrected chi connectivity index (χ4v) is 6.51. The zero-order valence-electron chi connectivity index (χ0n) is 35.4. The van der Waals surface area contributed by atoms with Crippen LogP contribution >= 0.6 is 7.82 Å². The first-order valence-corrected chi connectivity index (χ1v) is 23.2.